The van der Waals surface area contributed by atoms with Gasteiger partial charge in [0.25, 0.3) is 0 Å². The molecule has 2 aliphatic heterocycles. The Morgan fingerprint density at radius 3 is 2.84 bits per heavy atom. The second-order valence-electron chi connectivity index (χ2n) is 8.13. The summed E-state index contributed by atoms with van der Waals surface area (Å²) in [6, 6.07) is 0. The van der Waals surface area contributed by atoms with Gasteiger partial charge in [-0.1, -0.05) is 11.6 Å². The fraction of sp³-hybridized carbons (Fsp3) is 0.565. The first kappa shape index (κ1) is 23.5. The Labute approximate surface area is 188 Å². The number of hydrogen-bond acceptors (Lipinski definition) is 7. The highest BCUT2D eigenvalue weighted by molar-refractivity contribution is 7.99. The predicted octanol–water partition coefficient (Wildman–Crippen LogP) is 3.69. The summed E-state index contributed by atoms with van der Waals surface area (Å²) in [5, 5.41) is 12.8. The molecule has 1 saturated heterocycles. The summed E-state index contributed by atoms with van der Waals surface area (Å²) in [6.45, 7) is 6.04. The van der Waals surface area contributed by atoms with Crippen LogP contribution < -0.4 is 10.1 Å². The number of fused-ring (bicyclic) bond motifs is 1. The van der Waals surface area contributed by atoms with Gasteiger partial charge in [-0.15, -0.1) is 11.8 Å². The van der Waals surface area contributed by atoms with Gasteiger partial charge in [-0.05, 0) is 45.2 Å². The van der Waals surface area contributed by atoms with E-state index >= 15 is 0 Å². The SMILES string of the molecule is CNc1c(C/C=C(\C)CC(CCN2CCSC2)C(=O)O)c(OC)c(C)c2c1C(=O)OC2. The quantitative estimate of drug-likeness (QED) is 0.414. The molecule has 3 rings (SSSR count). The topological polar surface area (TPSA) is 88.1 Å². The highest BCUT2D eigenvalue weighted by Gasteiger charge is 2.31. The highest BCUT2D eigenvalue weighted by atomic mass is 32.2. The third-order valence-corrected chi connectivity index (χ3v) is 7.14. The number of esters is 1. The molecule has 2 heterocycles. The molecule has 31 heavy (non-hydrogen) atoms. The summed E-state index contributed by atoms with van der Waals surface area (Å²) in [5.74, 6) is 1.40. The summed E-state index contributed by atoms with van der Waals surface area (Å²) < 4.78 is 10.9. The van der Waals surface area contributed by atoms with Crippen molar-refractivity contribution in [3.63, 3.8) is 0 Å². The molecule has 1 atom stereocenters. The normalized spacial score (nSPS) is 17.4. The molecule has 2 aliphatic rings. The maximum absolute atomic E-state index is 12.3. The first-order valence-corrected chi connectivity index (χ1v) is 11.8. The number of anilines is 1. The van der Waals surface area contributed by atoms with Crippen LogP contribution in [0.2, 0.25) is 0 Å². The first-order valence-electron chi connectivity index (χ1n) is 10.6. The maximum atomic E-state index is 12.3. The smallest absolute Gasteiger partial charge is 0.341 e. The van der Waals surface area contributed by atoms with Crippen LogP contribution in [0.1, 0.15) is 46.8 Å². The number of carbonyl (C=O) groups is 2. The monoisotopic (exact) mass is 448 g/mol. The lowest BCUT2D eigenvalue weighted by Gasteiger charge is -2.20. The predicted molar refractivity (Wildman–Crippen MR) is 123 cm³/mol. The van der Waals surface area contributed by atoms with Gasteiger partial charge in [-0.2, -0.15) is 0 Å². The number of allylic oxidation sites excluding steroid dienone is 2. The van der Waals surface area contributed by atoms with E-state index in [1.165, 1.54) is 0 Å². The Balaban J connectivity index is 1.78. The van der Waals surface area contributed by atoms with Gasteiger partial charge in [0.15, 0.2) is 0 Å². The van der Waals surface area contributed by atoms with Crippen molar-refractivity contribution in [2.45, 2.75) is 39.7 Å². The molecule has 0 spiro atoms. The first-order chi connectivity index (χ1) is 14.9. The van der Waals surface area contributed by atoms with Gasteiger partial charge in [-0.3, -0.25) is 9.69 Å². The molecule has 0 aliphatic carbocycles. The number of carbonyl (C=O) groups excluding carboxylic acids is 1. The number of cyclic esters (lactones) is 1. The van der Waals surface area contributed by atoms with E-state index in [0.717, 1.165) is 58.4 Å². The molecule has 0 radical (unpaired) electrons. The molecule has 7 nitrogen and oxygen atoms in total. The second kappa shape index (κ2) is 10.4. The number of carboxylic acids is 1. The van der Waals surface area contributed by atoms with Crippen LogP contribution in [0.25, 0.3) is 0 Å². The van der Waals surface area contributed by atoms with Crippen molar-refractivity contribution in [1.29, 1.82) is 0 Å². The van der Waals surface area contributed by atoms with E-state index in [1.54, 1.807) is 14.2 Å². The summed E-state index contributed by atoms with van der Waals surface area (Å²) in [7, 11) is 3.41. The number of hydrogen-bond donors (Lipinski definition) is 2. The number of ether oxygens (including phenoxy) is 2. The second-order valence-corrected chi connectivity index (χ2v) is 9.20. The minimum absolute atomic E-state index is 0.260. The van der Waals surface area contributed by atoms with E-state index in [1.807, 2.05) is 31.7 Å². The lowest BCUT2D eigenvalue weighted by Crippen LogP contribution is -2.25. The minimum atomic E-state index is -0.746. The maximum Gasteiger partial charge on any atom is 0.341 e. The molecule has 0 bridgehead atoms. The Hall–Kier alpha value is -2.19. The molecule has 1 unspecified atom stereocenters. The number of nitrogens with one attached hydrogen (secondary N) is 1. The Kier molecular flexibility index (Phi) is 7.89. The van der Waals surface area contributed by atoms with Gasteiger partial charge in [0.05, 0.1) is 24.3 Å². The van der Waals surface area contributed by atoms with Gasteiger partial charge >= 0.3 is 11.9 Å². The summed E-state index contributed by atoms with van der Waals surface area (Å²) in [5.41, 5.74) is 4.99. The average Bonchev–Trinajstić information content (AvgIpc) is 3.40. The molecule has 0 amide bonds. The molecule has 8 heteroatoms. The van der Waals surface area contributed by atoms with Crippen LogP contribution in [-0.4, -0.2) is 60.8 Å². The van der Waals surface area contributed by atoms with Crippen LogP contribution in [0.4, 0.5) is 5.69 Å². The van der Waals surface area contributed by atoms with Gasteiger partial charge in [0.2, 0.25) is 0 Å². The lowest BCUT2D eigenvalue weighted by molar-refractivity contribution is -0.142. The van der Waals surface area contributed by atoms with Crippen molar-refractivity contribution in [3.05, 3.63) is 33.9 Å². The molecule has 0 saturated carbocycles. The molecule has 1 fully saturated rings. The number of aliphatic carboxylic acids is 1. The van der Waals surface area contributed by atoms with Crippen LogP contribution in [0.15, 0.2) is 11.6 Å². The molecule has 2 N–H and O–H groups in total. The standard InChI is InChI=1S/C23H32N2O5S/c1-14(11-16(22(26)27)7-8-25-9-10-31-13-25)5-6-17-20(24-3)19-18(12-30-23(19)28)15(2)21(17)29-4/h5,16,24H,6-13H2,1-4H3,(H,26,27)/b14-5+. The Morgan fingerprint density at radius 1 is 1.45 bits per heavy atom. The van der Waals surface area contributed by atoms with E-state index in [2.05, 4.69) is 10.2 Å². The van der Waals surface area contributed by atoms with Crippen LogP contribution in [0.3, 0.4) is 0 Å². The van der Waals surface area contributed by atoms with Crippen molar-refractivity contribution in [2.75, 3.05) is 44.2 Å². The van der Waals surface area contributed by atoms with Crippen LogP contribution in [0.5, 0.6) is 5.75 Å². The van der Waals surface area contributed by atoms with Crippen molar-refractivity contribution in [3.8, 4) is 5.75 Å². The van der Waals surface area contributed by atoms with Crippen LogP contribution in [0, 0.1) is 12.8 Å². The number of carboxylic acid groups (broad SMARTS) is 1. The third kappa shape index (κ3) is 5.18. The van der Waals surface area contributed by atoms with E-state index in [4.69, 9.17) is 9.47 Å². The van der Waals surface area contributed by atoms with E-state index in [9.17, 15) is 14.7 Å². The van der Waals surface area contributed by atoms with Gasteiger partial charge in [-0.25, -0.2) is 4.79 Å². The number of nitrogens with zero attached hydrogens (tertiary/aromatic N) is 1. The van der Waals surface area contributed by atoms with Crippen molar-refractivity contribution >= 4 is 29.4 Å². The zero-order valence-electron chi connectivity index (χ0n) is 18.7. The zero-order chi connectivity index (χ0) is 22.5. The zero-order valence-corrected chi connectivity index (χ0v) is 19.6. The Morgan fingerprint density at radius 2 is 2.23 bits per heavy atom. The molecule has 1 aromatic carbocycles. The van der Waals surface area contributed by atoms with E-state index in [0.29, 0.717) is 24.8 Å². The average molecular weight is 449 g/mol. The van der Waals surface area contributed by atoms with Crippen molar-refractivity contribution in [1.82, 2.24) is 4.90 Å². The highest BCUT2D eigenvalue weighted by Crippen LogP contribution is 2.41. The fourth-order valence-corrected chi connectivity index (χ4v) is 5.39. The summed E-state index contributed by atoms with van der Waals surface area (Å²) in [6.07, 6.45) is 3.75. The number of thioether (sulfide) groups is 1. The number of benzene rings is 1. The van der Waals surface area contributed by atoms with Crippen LogP contribution >= 0.6 is 11.8 Å². The fourth-order valence-electron chi connectivity index (χ4n) is 4.36. The minimum Gasteiger partial charge on any atom is -0.496 e. The largest absolute Gasteiger partial charge is 0.496 e. The molecule has 1 aromatic rings. The van der Waals surface area contributed by atoms with Crippen molar-refractivity contribution in [2.24, 2.45) is 5.92 Å². The number of rotatable bonds is 10. The van der Waals surface area contributed by atoms with Gasteiger partial charge < -0.3 is 19.9 Å². The summed E-state index contributed by atoms with van der Waals surface area (Å²) >= 11 is 1.89. The molecular formula is C23H32N2O5S. The molecule has 0 aromatic heterocycles. The van der Waals surface area contributed by atoms with E-state index < -0.39 is 11.9 Å². The number of methoxy groups -OCH3 is 1. The lowest BCUT2D eigenvalue weighted by atomic mass is 9.92. The van der Waals surface area contributed by atoms with E-state index in [-0.39, 0.29) is 12.6 Å². The summed E-state index contributed by atoms with van der Waals surface area (Å²) in [4.78, 5) is 26.4. The molecule has 170 valence electrons. The third-order valence-electron chi connectivity index (χ3n) is 6.12. The molecular weight excluding hydrogens is 416 g/mol. The van der Waals surface area contributed by atoms with Gasteiger partial charge in [0, 0.05) is 36.3 Å². The van der Waals surface area contributed by atoms with Gasteiger partial charge in [0.1, 0.15) is 12.4 Å². The van der Waals surface area contributed by atoms with Crippen LogP contribution in [-0.2, 0) is 22.6 Å². The Bertz CT molecular complexity index is 877. The van der Waals surface area contributed by atoms with Crippen molar-refractivity contribution < 1.29 is 24.2 Å².